The number of likely N-dealkylation sites (tertiary alicyclic amines) is 1. The highest BCUT2D eigenvalue weighted by Gasteiger charge is 2.55. The molecule has 0 bridgehead atoms. The number of fused-ring (bicyclic) bond motifs is 1. The molecule has 1 heterocycles. The molecular weight excluding hydrogens is 166 g/mol. The third-order valence-corrected chi connectivity index (χ3v) is 3.18. The highest BCUT2D eigenvalue weighted by atomic mass is 16.5. The Balaban J connectivity index is 1.99. The first-order valence-corrected chi connectivity index (χ1v) is 5.18. The number of likely N-dealkylation sites (N-methyl/N-ethyl adjacent to an activating group) is 1. The zero-order valence-electron chi connectivity index (χ0n) is 8.32. The van der Waals surface area contributed by atoms with Crippen LogP contribution in [0.4, 0.5) is 0 Å². The van der Waals surface area contributed by atoms with Gasteiger partial charge in [0.1, 0.15) is 6.04 Å². The Morgan fingerprint density at radius 1 is 1.54 bits per heavy atom. The molecule has 1 aliphatic carbocycles. The van der Waals surface area contributed by atoms with Gasteiger partial charge >= 0.3 is 5.97 Å². The van der Waals surface area contributed by atoms with E-state index in [1.54, 1.807) is 0 Å². The SMILES string of the molecule is CCOC(=O)C1C2CC2CN1CC. The fraction of sp³-hybridized carbons (Fsp3) is 0.900. The minimum absolute atomic E-state index is 0.00523. The lowest BCUT2D eigenvalue weighted by molar-refractivity contribution is -0.149. The van der Waals surface area contributed by atoms with E-state index < -0.39 is 0 Å². The maximum Gasteiger partial charge on any atom is 0.323 e. The number of hydrogen-bond acceptors (Lipinski definition) is 3. The Morgan fingerprint density at radius 3 is 2.92 bits per heavy atom. The molecule has 0 radical (unpaired) electrons. The summed E-state index contributed by atoms with van der Waals surface area (Å²) < 4.78 is 5.07. The van der Waals surface area contributed by atoms with Crippen LogP contribution in [0.25, 0.3) is 0 Å². The van der Waals surface area contributed by atoms with E-state index in [9.17, 15) is 4.79 Å². The number of nitrogens with zero attached hydrogens (tertiary/aromatic N) is 1. The summed E-state index contributed by atoms with van der Waals surface area (Å²) in [5.74, 6) is 1.39. The van der Waals surface area contributed by atoms with Gasteiger partial charge in [-0.1, -0.05) is 6.92 Å². The van der Waals surface area contributed by atoms with Crippen LogP contribution >= 0.6 is 0 Å². The molecule has 1 saturated heterocycles. The molecule has 0 aromatic heterocycles. The van der Waals surface area contributed by atoms with Crippen molar-refractivity contribution in [3.05, 3.63) is 0 Å². The number of esters is 1. The van der Waals surface area contributed by atoms with Crippen molar-refractivity contribution >= 4 is 5.97 Å². The van der Waals surface area contributed by atoms with Gasteiger partial charge in [0.05, 0.1) is 6.61 Å². The second-order valence-electron chi connectivity index (χ2n) is 3.94. The molecule has 1 aliphatic heterocycles. The van der Waals surface area contributed by atoms with Gasteiger partial charge in [-0.3, -0.25) is 9.69 Å². The van der Waals surface area contributed by atoms with Gasteiger partial charge in [-0.2, -0.15) is 0 Å². The Kier molecular flexibility index (Phi) is 2.28. The standard InChI is InChI=1S/C10H17NO2/c1-3-11-6-7-5-8(7)9(11)10(12)13-4-2/h7-9H,3-6H2,1-2H3. The number of carbonyl (C=O) groups excluding carboxylic acids is 1. The van der Waals surface area contributed by atoms with Crippen LogP contribution in [-0.4, -0.2) is 36.6 Å². The summed E-state index contributed by atoms with van der Waals surface area (Å²) in [6.07, 6.45) is 1.24. The minimum atomic E-state index is -0.00523. The topological polar surface area (TPSA) is 29.5 Å². The summed E-state index contributed by atoms with van der Waals surface area (Å²) in [6, 6.07) is 0.0787. The number of carbonyl (C=O) groups is 1. The quantitative estimate of drug-likeness (QED) is 0.609. The molecule has 3 atom stereocenters. The first-order valence-electron chi connectivity index (χ1n) is 5.18. The van der Waals surface area contributed by atoms with E-state index in [4.69, 9.17) is 4.74 Å². The van der Waals surface area contributed by atoms with E-state index in [1.165, 1.54) is 6.42 Å². The van der Waals surface area contributed by atoms with Crippen LogP contribution < -0.4 is 0 Å². The predicted molar refractivity (Wildman–Crippen MR) is 49.3 cm³/mol. The van der Waals surface area contributed by atoms with Crippen molar-refractivity contribution in [3.8, 4) is 0 Å². The van der Waals surface area contributed by atoms with E-state index in [2.05, 4.69) is 11.8 Å². The molecule has 0 N–H and O–H groups in total. The second-order valence-corrected chi connectivity index (χ2v) is 3.94. The van der Waals surface area contributed by atoms with Crippen molar-refractivity contribution in [2.24, 2.45) is 11.8 Å². The van der Waals surface area contributed by atoms with Crippen molar-refractivity contribution in [1.29, 1.82) is 0 Å². The lowest BCUT2D eigenvalue weighted by atomic mass is 10.2. The van der Waals surface area contributed by atoms with Crippen molar-refractivity contribution in [2.45, 2.75) is 26.3 Å². The Hall–Kier alpha value is -0.570. The monoisotopic (exact) mass is 183 g/mol. The first kappa shape index (κ1) is 9.00. The van der Waals surface area contributed by atoms with Gasteiger partial charge in [0.15, 0.2) is 0 Å². The summed E-state index contributed by atoms with van der Waals surface area (Å²) in [7, 11) is 0. The van der Waals surface area contributed by atoms with Crippen LogP contribution in [0.1, 0.15) is 20.3 Å². The van der Waals surface area contributed by atoms with Crippen molar-refractivity contribution in [1.82, 2.24) is 4.90 Å². The molecule has 2 fully saturated rings. The second kappa shape index (κ2) is 3.29. The molecule has 74 valence electrons. The summed E-state index contributed by atoms with van der Waals surface area (Å²) in [6.45, 7) is 6.55. The third-order valence-electron chi connectivity index (χ3n) is 3.18. The molecule has 0 aromatic carbocycles. The van der Waals surface area contributed by atoms with Crippen LogP contribution in [0.3, 0.4) is 0 Å². The van der Waals surface area contributed by atoms with Gasteiger partial charge in [-0.15, -0.1) is 0 Å². The van der Waals surface area contributed by atoms with Crippen LogP contribution in [0.2, 0.25) is 0 Å². The van der Waals surface area contributed by atoms with Gasteiger partial charge in [-0.25, -0.2) is 0 Å². The fourth-order valence-electron chi connectivity index (χ4n) is 2.43. The maximum atomic E-state index is 11.6. The first-order chi connectivity index (χ1) is 6.27. The van der Waals surface area contributed by atoms with E-state index in [0.29, 0.717) is 12.5 Å². The molecule has 3 unspecified atom stereocenters. The summed E-state index contributed by atoms with van der Waals surface area (Å²) in [5, 5.41) is 0. The molecule has 13 heavy (non-hydrogen) atoms. The third kappa shape index (κ3) is 1.46. The molecule has 3 nitrogen and oxygen atoms in total. The zero-order valence-corrected chi connectivity index (χ0v) is 8.32. The van der Waals surface area contributed by atoms with Crippen LogP contribution in [0.15, 0.2) is 0 Å². The van der Waals surface area contributed by atoms with Gasteiger partial charge in [0, 0.05) is 6.54 Å². The largest absolute Gasteiger partial charge is 0.465 e. The van der Waals surface area contributed by atoms with Crippen molar-refractivity contribution in [3.63, 3.8) is 0 Å². The van der Waals surface area contributed by atoms with Crippen LogP contribution in [-0.2, 0) is 9.53 Å². The highest BCUT2D eigenvalue weighted by Crippen LogP contribution is 2.49. The molecular formula is C10H17NO2. The molecule has 1 saturated carbocycles. The highest BCUT2D eigenvalue weighted by molar-refractivity contribution is 5.77. The van der Waals surface area contributed by atoms with Crippen molar-refractivity contribution < 1.29 is 9.53 Å². The minimum Gasteiger partial charge on any atom is -0.465 e. The van der Waals surface area contributed by atoms with Gasteiger partial charge in [-0.05, 0) is 31.7 Å². The lowest BCUT2D eigenvalue weighted by Gasteiger charge is -2.23. The zero-order chi connectivity index (χ0) is 9.42. The molecule has 0 aromatic rings. The van der Waals surface area contributed by atoms with E-state index in [0.717, 1.165) is 19.0 Å². The average molecular weight is 183 g/mol. The predicted octanol–water partition coefficient (Wildman–Crippen LogP) is 0.890. The van der Waals surface area contributed by atoms with E-state index in [1.807, 2.05) is 6.92 Å². The number of hydrogen-bond donors (Lipinski definition) is 0. The molecule has 2 aliphatic rings. The maximum absolute atomic E-state index is 11.6. The van der Waals surface area contributed by atoms with Crippen LogP contribution in [0.5, 0.6) is 0 Å². The van der Waals surface area contributed by atoms with Crippen molar-refractivity contribution in [2.75, 3.05) is 19.7 Å². The smallest absolute Gasteiger partial charge is 0.323 e. The van der Waals surface area contributed by atoms with E-state index in [-0.39, 0.29) is 12.0 Å². The summed E-state index contributed by atoms with van der Waals surface area (Å²) in [4.78, 5) is 13.8. The lowest BCUT2D eigenvalue weighted by Crippen LogP contribution is -2.40. The van der Waals surface area contributed by atoms with Crippen LogP contribution in [0, 0.1) is 11.8 Å². The average Bonchev–Trinajstić information content (AvgIpc) is 2.77. The van der Waals surface area contributed by atoms with E-state index >= 15 is 0 Å². The number of piperidine rings is 1. The van der Waals surface area contributed by atoms with Gasteiger partial charge in [0.25, 0.3) is 0 Å². The summed E-state index contributed by atoms with van der Waals surface area (Å²) in [5.41, 5.74) is 0. The number of ether oxygens (including phenoxy) is 1. The number of rotatable bonds is 3. The Morgan fingerprint density at radius 2 is 2.31 bits per heavy atom. The normalized spacial score (nSPS) is 37.2. The van der Waals surface area contributed by atoms with Gasteiger partial charge in [0.2, 0.25) is 0 Å². The molecule has 2 rings (SSSR count). The molecule has 3 heteroatoms. The molecule has 0 amide bonds. The molecule has 0 spiro atoms. The fourth-order valence-corrected chi connectivity index (χ4v) is 2.43. The summed E-state index contributed by atoms with van der Waals surface area (Å²) >= 11 is 0. The Bertz CT molecular complexity index is 217. The van der Waals surface area contributed by atoms with Gasteiger partial charge < -0.3 is 4.74 Å². The Labute approximate surface area is 79.0 Å².